The first-order valence-electron chi connectivity index (χ1n) is 8.82. The standard InChI is InChI=1S/C18H29N3O7/c1-10-11(8-9-26-12(10)13(22)23)19-14(20-15(24)27-17(2,3)4)21-16(25)28-18(5,6)7/h11H,8-9H2,1-7H3,(H,22,23)(H2,19,20,21,24,25). The van der Waals surface area contributed by atoms with Gasteiger partial charge in [-0.3, -0.25) is 10.6 Å². The number of carboxylic acid groups (broad SMARTS) is 1. The van der Waals surface area contributed by atoms with Crippen LogP contribution in [-0.2, 0) is 19.0 Å². The molecule has 158 valence electrons. The molecule has 1 atom stereocenters. The van der Waals surface area contributed by atoms with E-state index in [2.05, 4.69) is 15.6 Å². The molecule has 1 heterocycles. The van der Waals surface area contributed by atoms with E-state index in [0.717, 1.165) is 0 Å². The maximum absolute atomic E-state index is 12.1. The maximum atomic E-state index is 12.1. The Bertz CT molecular complexity index is 652. The summed E-state index contributed by atoms with van der Waals surface area (Å²) >= 11 is 0. The summed E-state index contributed by atoms with van der Waals surface area (Å²) in [4.78, 5) is 39.7. The number of rotatable bonds is 2. The second-order valence-electron chi connectivity index (χ2n) is 8.20. The number of ether oxygens (including phenoxy) is 3. The Balaban J connectivity index is 3.09. The summed E-state index contributed by atoms with van der Waals surface area (Å²) in [6.07, 6.45) is -1.28. The van der Waals surface area contributed by atoms with Crippen LogP contribution in [0.3, 0.4) is 0 Å². The molecular formula is C18H29N3O7. The molecule has 1 aliphatic heterocycles. The molecule has 0 fully saturated rings. The number of carbonyl (C=O) groups is 3. The highest BCUT2D eigenvalue weighted by molar-refractivity contribution is 6.01. The van der Waals surface area contributed by atoms with E-state index in [9.17, 15) is 19.5 Å². The van der Waals surface area contributed by atoms with Crippen LogP contribution in [0.1, 0.15) is 54.9 Å². The molecule has 28 heavy (non-hydrogen) atoms. The molecule has 2 amide bonds. The van der Waals surface area contributed by atoms with Crippen molar-refractivity contribution in [1.29, 1.82) is 0 Å². The van der Waals surface area contributed by atoms with Crippen LogP contribution in [0.25, 0.3) is 0 Å². The minimum atomic E-state index is -1.21. The van der Waals surface area contributed by atoms with Crippen LogP contribution < -0.4 is 10.6 Å². The van der Waals surface area contributed by atoms with Crippen LogP contribution in [-0.4, -0.2) is 53.1 Å². The number of hydrogen-bond donors (Lipinski definition) is 3. The molecular weight excluding hydrogens is 370 g/mol. The van der Waals surface area contributed by atoms with Gasteiger partial charge in [-0.1, -0.05) is 0 Å². The third-order valence-electron chi connectivity index (χ3n) is 3.21. The highest BCUT2D eigenvalue weighted by atomic mass is 16.6. The van der Waals surface area contributed by atoms with E-state index < -0.39 is 35.4 Å². The van der Waals surface area contributed by atoms with Crippen LogP contribution in [0, 0.1) is 0 Å². The Morgan fingerprint density at radius 1 is 1.04 bits per heavy atom. The third kappa shape index (κ3) is 8.28. The zero-order valence-corrected chi connectivity index (χ0v) is 17.3. The number of alkyl carbamates (subject to hydrolysis) is 2. The topological polar surface area (TPSA) is 136 Å². The zero-order chi connectivity index (χ0) is 21.7. The first-order valence-corrected chi connectivity index (χ1v) is 8.82. The number of guanidine groups is 1. The van der Waals surface area contributed by atoms with E-state index >= 15 is 0 Å². The van der Waals surface area contributed by atoms with Crippen molar-refractivity contribution >= 4 is 24.1 Å². The lowest BCUT2D eigenvalue weighted by Gasteiger charge is -2.25. The molecule has 0 aromatic rings. The van der Waals surface area contributed by atoms with Crippen LogP contribution in [0.4, 0.5) is 9.59 Å². The molecule has 10 nitrogen and oxygen atoms in total. The summed E-state index contributed by atoms with van der Waals surface area (Å²) in [7, 11) is 0. The van der Waals surface area contributed by atoms with Crippen molar-refractivity contribution in [2.45, 2.75) is 72.1 Å². The molecule has 0 saturated heterocycles. The average molecular weight is 399 g/mol. The molecule has 0 radical (unpaired) electrons. The Hall–Kier alpha value is -2.78. The fraction of sp³-hybridized carbons (Fsp3) is 0.667. The van der Waals surface area contributed by atoms with E-state index in [1.54, 1.807) is 48.5 Å². The average Bonchev–Trinajstić information content (AvgIpc) is 2.44. The van der Waals surface area contributed by atoms with Crippen molar-refractivity contribution in [3.63, 3.8) is 0 Å². The summed E-state index contributed by atoms with van der Waals surface area (Å²) < 4.78 is 15.5. The Kier molecular flexibility index (Phi) is 7.43. The van der Waals surface area contributed by atoms with Gasteiger partial charge in [0.05, 0.1) is 12.6 Å². The summed E-state index contributed by atoms with van der Waals surface area (Å²) in [5.41, 5.74) is -1.15. The second-order valence-corrected chi connectivity index (χ2v) is 8.20. The molecule has 1 aliphatic rings. The smallest absolute Gasteiger partial charge is 0.414 e. The fourth-order valence-electron chi connectivity index (χ4n) is 2.20. The number of carboxylic acids is 1. The molecule has 0 saturated carbocycles. The van der Waals surface area contributed by atoms with Crippen molar-refractivity contribution in [2.75, 3.05) is 6.61 Å². The molecule has 1 rings (SSSR count). The van der Waals surface area contributed by atoms with Crippen molar-refractivity contribution in [3.05, 3.63) is 11.3 Å². The van der Waals surface area contributed by atoms with Crippen molar-refractivity contribution in [3.8, 4) is 0 Å². The van der Waals surface area contributed by atoms with Crippen molar-refractivity contribution in [2.24, 2.45) is 4.99 Å². The fourth-order valence-corrected chi connectivity index (χ4v) is 2.20. The summed E-state index contributed by atoms with van der Waals surface area (Å²) in [6, 6.07) is -0.611. The number of nitrogens with one attached hydrogen (secondary N) is 2. The second kappa shape index (κ2) is 8.94. The zero-order valence-electron chi connectivity index (χ0n) is 17.3. The number of aliphatic imine (C=N–C) groups is 1. The van der Waals surface area contributed by atoms with Gasteiger partial charge in [0.15, 0.2) is 0 Å². The van der Waals surface area contributed by atoms with Gasteiger partial charge in [-0.05, 0) is 48.5 Å². The Morgan fingerprint density at radius 2 is 1.50 bits per heavy atom. The van der Waals surface area contributed by atoms with E-state index in [0.29, 0.717) is 12.0 Å². The highest BCUT2D eigenvalue weighted by Crippen LogP contribution is 2.22. The van der Waals surface area contributed by atoms with Gasteiger partial charge >= 0.3 is 18.2 Å². The molecule has 10 heteroatoms. The monoisotopic (exact) mass is 399 g/mol. The Labute approximate surface area is 164 Å². The van der Waals surface area contributed by atoms with Crippen molar-refractivity contribution in [1.82, 2.24) is 10.6 Å². The van der Waals surface area contributed by atoms with Crippen LogP contribution >= 0.6 is 0 Å². The number of nitrogens with zero attached hydrogens (tertiary/aromatic N) is 1. The van der Waals surface area contributed by atoms with E-state index in [-0.39, 0.29) is 18.3 Å². The summed E-state index contributed by atoms with van der Waals surface area (Å²) in [6.45, 7) is 11.8. The SMILES string of the molecule is CC1=C(C(=O)O)OCCC1N=C(NC(=O)OC(C)(C)C)NC(=O)OC(C)(C)C. The number of hydrogen-bond acceptors (Lipinski definition) is 7. The minimum Gasteiger partial charge on any atom is -0.486 e. The molecule has 0 spiro atoms. The normalized spacial score (nSPS) is 17.2. The number of carbonyl (C=O) groups excluding carboxylic acids is 2. The number of amides is 2. The molecule has 3 N–H and O–H groups in total. The molecule has 1 unspecified atom stereocenters. The quantitative estimate of drug-likeness (QED) is 0.479. The molecule has 0 bridgehead atoms. The Morgan fingerprint density at radius 3 is 1.89 bits per heavy atom. The minimum absolute atomic E-state index is 0.138. The van der Waals surface area contributed by atoms with Crippen LogP contribution in [0.2, 0.25) is 0 Å². The van der Waals surface area contributed by atoms with Gasteiger partial charge in [-0.2, -0.15) is 0 Å². The van der Waals surface area contributed by atoms with Gasteiger partial charge < -0.3 is 19.3 Å². The van der Waals surface area contributed by atoms with Gasteiger partial charge in [0.1, 0.15) is 11.2 Å². The van der Waals surface area contributed by atoms with Gasteiger partial charge in [-0.25, -0.2) is 19.4 Å². The molecule has 0 aromatic carbocycles. The van der Waals surface area contributed by atoms with Gasteiger partial charge in [-0.15, -0.1) is 0 Å². The number of aliphatic carboxylic acids is 1. The predicted molar refractivity (Wildman–Crippen MR) is 101 cm³/mol. The van der Waals surface area contributed by atoms with Gasteiger partial charge in [0, 0.05) is 12.0 Å². The van der Waals surface area contributed by atoms with E-state index in [4.69, 9.17) is 14.2 Å². The summed E-state index contributed by atoms with van der Waals surface area (Å²) in [5.74, 6) is -1.62. The molecule has 0 aromatic heterocycles. The first-order chi connectivity index (χ1) is 12.7. The lowest BCUT2D eigenvalue weighted by atomic mass is 10.0. The molecule has 0 aliphatic carbocycles. The lowest BCUT2D eigenvalue weighted by Crippen LogP contribution is -2.48. The largest absolute Gasteiger partial charge is 0.486 e. The maximum Gasteiger partial charge on any atom is 0.414 e. The highest BCUT2D eigenvalue weighted by Gasteiger charge is 2.27. The van der Waals surface area contributed by atoms with Crippen molar-refractivity contribution < 1.29 is 33.7 Å². The lowest BCUT2D eigenvalue weighted by molar-refractivity contribution is -0.137. The predicted octanol–water partition coefficient (Wildman–Crippen LogP) is 2.54. The van der Waals surface area contributed by atoms with E-state index in [1.807, 2.05) is 0 Å². The van der Waals surface area contributed by atoms with E-state index in [1.165, 1.54) is 0 Å². The van der Waals surface area contributed by atoms with Crippen LogP contribution in [0.5, 0.6) is 0 Å². The van der Waals surface area contributed by atoms with Gasteiger partial charge in [0.2, 0.25) is 11.7 Å². The third-order valence-corrected chi connectivity index (χ3v) is 3.21. The van der Waals surface area contributed by atoms with Gasteiger partial charge in [0.25, 0.3) is 0 Å². The first kappa shape index (κ1) is 23.3. The van der Waals surface area contributed by atoms with Crippen LogP contribution in [0.15, 0.2) is 16.3 Å². The summed E-state index contributed by atoms with van der Waals surface area (Å²) in [5, 5.41) is 13.9.